The Bertz CT molecular complexity index is 266. The molecule has 0 aliphatic heterocycles. The van der Waals surface area contributed by atoms with Crippen LogP contribution in [-0.2, 0) is 9.53 Å². The van der Waals surface area contributed by atoms with Gasteiger partial charge in [0, 0.05) is 13.0 Å². The molecule has 2 aliphatic carbocycles. The van der Waals surface area contributed by atoms with Gasteiger partial charge < -0.3 is 16.2 Å². The molecule has 4 nitrogen and oxygen atoms in total. The molecule has 2 rings (SSSR count). The predicted molar refractivity (Wildman–Crippen MR) is 61.7 cm³/mol. The number of nitrogens with two attached hydrogens (primary N) is 2. The summed E-state index contributed by atoms with van der Waals surface area (Å²) in [4.78, 5) is 11.3. The van der Waals surface area contributed by atoms with Gasteiger partial charge in [-0.1, -0.05) is 12.8 Å². The van der Waals surface area contributed by atoms with E-state index in [1.807, 2.05) is 0 Å². The maximum atomic E-state index is 11.3. The van der Waals surface area contributed by atoms with Gasteiger partial charge >= 0.3 is 0 Å². The summed E-state index contributed by atoms with van der Waals surface area (Å²) >= 11 is 0. The van der Waals surface area contributed by atoms with Crippen molar-refractivity contribution in [3.8, 4) is 0 Å². The second kappa shape index (κ2) is 4.72. The lowest BCUT2D eigenvalue weighted by Crippen LogP contribution is -2.56. The van der Waals surface area contributed by atoms with Crippen LogP contribution in [0.3, 0.4) is 0 Å². The first kappa shape index (κ1) is 11.9. The minimum Gasteiger partial charge on any atom is -0.378 e. The third-order valence-corrected chi connectivity index (χ3v) is 3.81. The number of rotatable bonds is 5. The molecule has 2 atom stereocenters. The molecular formula is C12H22N2O2. The highest BCUT2D eigenvalue weighted by molar-refractivity contribution is 5.84. The molecule has 2 saturated carbocycles. The Labute approximate surface area is 96.7 Å². The summed E-state index contributed by atoms with van der Waals surface area (Å²) in [7, 11) is 0. The summed E-state index contributed by atoms with van der Waals surface area (Å²) in [6, 6.07) is 0. The van der Waals surface area contributed by atoms with Crippen molar-refractivity contribution in [1.82, 2.24) is 0 Å². The standard InChI is InChI=1S/C12H22N2O2/c13-11(15)12(14)6-1-2-10(8-12)16-7-5-9-3-4-9/h9-10H,1-8,14H2,(H2,13,15). The van der Waals surface area contributed by atoms with Crippen LogP contribution in [0.15, 0.2) is 0 Å². The lowest BCUT2D eigenvalue weighted by molar-refractivity contribution is -0.126. The van der Waals surface area contributed by atoms with E-state index in [9.17, 15) is 4.79 Å². The first-order valence-corrected chi connectivity index (χ1v) is 6.30. The maximum absolute atomic E-state index is 11.3. The molecule has 0 aromatic rings. The van der Waals surface area contributed by atoms with Crippen LogP contribution in [0.25, 0.3) is 0 Å². The molecule has 0 bridgehead atoms. The molecule has 2 unspecified atom stereocenters. The molecule has 0 radical (unpaired) electrons. The fourth-order valence-corrected chi connectivity index (χ4v) is 2.43. The number of primary amides is 1. The molecule has 2 fully saturated rings. The topological polar surface area (TPSA) is 78.3 Å². The van der Waals surface area contributed by atoms with Crippen LogP contribution in [0.1, 0.15) is 44.9 Å². The van der Waals surface area contributed by atoms with Gasteiger partial charge in [-0.3, -0.25) is 4.79 Å². The lowest BCUT2D eigenvalue weighted by atomic mass is 9.80. The molecule has 0 heterocycles. The average molecular weight is 226 g/mol. The second-order valence-electron chi connectivity index (χ2n) is 5.34. The van der Waals surface area contributed by atoms with E-state index in [1.54, 1.807) is 0 Å². The van der Waals surface area contributed by atoms with Gasteiger partial charge in [0.25, 0.3) is 0 Å². The number of carbonyl (C=O) groups is 1. The van der Waals surface area contributed by atoms with Crippen LogP contribution >= 0.6 is 0 Å². The number of hydrogen-bond acceptors (Lipinski definition) is 3. The van der Waals surface area contributed by atoms with Crippen molar-refractivity contribution in [2.24, 2.45) is 17.4 Å². The van der Waals surface area contributed by atoms with E-state index in [2.05, 4.69) is 0 Å². The number of hydrogen-bond donors (Lipinski definition) is 2. The Morgan fingerprint density at radius 2 is 2.12 bits per heavy atom. The molecule has 0 saturated heterocycles. The van der Waals surface area contributed by atoms with Crippen molar-refractivity contribution >= 4 is 5.91 Å². The number of carbonyl (C=O) groups excluding carboxylic acids is 1. The largest absolute Gasteiger partial charge is 0.378 e. The average Bonchev–Trinajstić information content (AvgIpc) is 3.02. The molecule has 1 amide bonds. The van der Waals surface area contributed by atoms with E-state index in [0.29, 0.717) is 12.8 Å². The van der Waals surface area contributed by atoms with Gasteiger partial charge in [0.05, 0.1) is 11.6 Å². The van der Waals surface area contributed by atoms with Gasteiger partial charge in [-0.15, -0.1) is 0 Å². The first-order valence-electron chi connectivity index (χ1n) is 6.30. The van der Waals surface area contributed by atoms with E-state index in [4.69, 9.17) is 16.2 Å². The zero-order chi connectivity index (χ0) is 11.6. The van der Waals surface area contributed by atoms with Crippen LogP contribution in [0, 0.1) is 5.92 Å². The first-order chi connectivity index (χ1) is 7.60. The van der Waals surface area contributed by atoms with Crippen LogP contribution < -0.4 is 11.5 Å². The zero-order valence-corrected chi connectivity index (χ0v) is 9.78. The second-order valence-corrected chi connectivity index (χ2v) is 5.34. The van der Waals surface area contributed by atoms with Gasteiger partial charge in [-0.05, 0) is 31.6 Å². The fraction of sp³-hybridized carbons (Fsp3) is 0.917. The quantitative estimate of drug-likeness (QED) is 0.732. The highest BCUT2D eigenvalue weighted by Gasteiger charge is 2.38. The third kappa shape index (κ3) is 2.95. The third-order valence-electron chi connectivity index (χ3n) is 3.81. The monoisotopic (exact) mass is 226 g/mol. The maximum Gasteiger partial charge on any atom is 0.237 e. The van der Waals surface area contributed by atoms with Crippen LogP contribution in [0.2, 0.25) is 0 Å². The van der Waals surface area contributed by atoms with Gasteiger partial charge in [0.15, 0.2) is 0 Å². The summed E-state index contributed by atoms with van der Waals surface area (Å²) in [5.41, 5.74) is 10.5. The number of amides is 1. The van der Waals surface area contributed by atoms with Gasteiger partial charge in [0.2, 0.25) is 5.91 Å². The summed E-state index contributed by atoms with van der Waals surface area (Å²) in [5, 5.41) is 0. The predicted octanol–water partition coefficient (Wildman–Crippen LogP) is 0.928. The Balaban J connectivity index is 1.74. The summed E-state index contributed by atoms with van der Waals surface area (Å²) < 4.78 is 5.79. The molecular weight excluding hydrogens is 204 g/mol. The van der Waals surface area contributed by atoms with Crippen LogP contribution in [0.4, 0.5) is 0 Å². The van der Waals surface area contributed by atoms with Gasteiger partial charge in [0.1, 0.15) is 0 Å². The van der Waals surface area contributed by atoms with Crippen LogP contribution in [-0.4, -0.2) is 24.2 Å². The molecule has 92 valence electrons. The van der Waals surface area contributed by atoms with E-state index < -0.39 is 5.54 Å². The molecule has 16 heavy (non-hydrogen) atoms. The van der Waals surface area contributed by atoms with E-state index in [1.165, 1.54) is 12.8 Å². The Kier molecular flexibility index (Phi) is 3.50. The molecule has 0 aromatic heterocycles. The molecule has 2 aliphatic rings. The van der Waals surface area contributed by atoms with Gasteiger partial charge in [-0.25, -0.2) is 0 Å². The highest BCUT2D eigenvalue weighted by Crippen LogP contribution is 2.33. The lowest BCUT2D eigenvalue weighted by Gasteiger charge is -2.35. The minimum absolute atomic E-state index is 0.130. The highest BCUT2D eigenvalue weighted by atomic mass is 16.5. The normalized spacial score (nSPS) is 34.9. The molecule has 4 heteroatoms. The Morgan fingerprint density at radius 3 is 2.75 bits per heavy atom. The SMILES string of the molecule is NC(=O)C1(N)CCCC(OCCC2CC2)C1. The summed E-state index contributed by atoms with van der Waals surface area (Å²) in [5.74, 6) is 0.505. The summed E-state index contributed by atoms with van der Waals surface area (Å²) in [6.45, 7) is 0.810. The smallest absolute Gasteiger partial charge is 0.237 e. The minimum atomic E-state index is -0.831. The Hall–Kier alpha value is -0.610. The molecule has 0 spiro atoms. The van der Waals surface area contributed by atoms with Crippen molar-refractivity contribution in [3.05, 3.63) is 0 Å². The summed E-state index contributed by atoms with van der Waals surface area (Å²) in [6.07, 6.45) is 7.24. The van der Waals surface area contributed by atoms with Crippen molar-refractivity contribution in [2.75, 3.05) is 6.61 Å². The Morgan fingerprint density at radius 1 is 1.38 bits per heavy atom. The molecule has 0 aromatic carbocycles. The molecule has 4 N–H and O–H groups in total. The van der Waals surface area contributed by atoms with Crippen molar-refractivity contribution < 1.29 is 9.53 Å². The van der Waals surface area contributed by atoms with Crippen molar-refractivity contribution in [2.45, 2.75) is 56.6 Å². The van der Waals surface area contributed by atoms with Crippen LogP contribution in [0.5, 0.6) is 0 Å². The van der Waals surface area contributed by atoms with E-state index in [-0.39, 0.29) is 12.0 Å². The van der Waals surface area contributed by atoms with Crippen molar-refractivity contribution in [3.63, 3.8) is 0 Å². The fourth-order valence-electron chi connectivity index (χ4n) is 2.43. The van der Waals surface area contributed by atoms with E-state index >= 15 is 0 Å². The number of ether oxygens (including phenoxy) is 1. The van der Waals surface area contributed by atoms with E-state index in [0.717, 1.165) is 31.8 Å². The van der Waals surface area contributed by atoms with Gasteiger partial charge in [-0.2, -0.15) is 0 Å². The zero-order valence-electron chi connectivity index (χ0n) is 9.78. The van der Waals surface area contributed by atoms with Crippen molar-refractivity contribution in [1.29, 1.82) is 0 Å².